The van der Waals surface area contributed by atoms with Gasteiger partial charge in [-0.2, -0.15) is 0 Å². The Balaban J connectivity index is 1.88. The highest BCUT2D eigenvalue weighted by molar-refractivity contribution is 9.10. The normalized spacial score (nSPS) is 10.2. The van der Waals surface area contributed by atoms with Crippen LogP contribution in [-0.2, 0) is 0 Å². The highest BCUT2D eigenvalue weighted by atomic mass is 79.9. The van der Waals surface area contributed by atoms with E-state index < -0.39 is 0 Å². The van der Waals surface area contributed by atoms with E-state index in [0.717, 1.165) is 21.5 Å². The summed E-state index contributed by atoms with van der Waals surface area (Å²) in [4.78, 5) is 0. The number of benzene rings is 2. The van der Waals surface area contributed by atoms with E-state index in [1.165, 1.54) is 0 Å². The van der Waals surface area contributed by atoms with Gasteiger partial charge in [0.2, 0.25) is 0 Å². The maximum atomic E-state index is 7.44. The molecule has 2 aromatic carbocycles. The fourth-order valence-corrected chi connectivity index (χ4v) is 2.17. The van der Waals surface area contributed by atoms with Gasteiger partial charge in [-0.3, -0.25) is 5.41 Å². The maximum absolute atomic E-state index is 7.44. The molecule has 3 N–H and O–H groups in total. The van der Waals surface area contributed by atoms with Gasteiger partial charge < -0.3 is 15.2 Å². The van der Waals surface area contributed by atoms with Crippen LogP contribution in [0.15, 0.2) is 46.9 Å². The van der Waals surface area contributed by atoms with Gasteiger partial charge in [-0.1, -0.05) is 34.1 Å². The second kappa shape index (κ2) is 7.13. The second-order valence-corrected chi connectivity index (χ2v) is 5.46. The van der Waals surface area contributed by atoms with Crippen LogP contribution in [0.3, 0.4) is 0 Å². The average Bonchev–Trinajstić information content (AvgIpc) is 2.45. The summed E-state index contributed by atoms with van der Waals surface area (Å²) in [6, 6.07) is 13.1. The molecule has 2 aromatic rings. The lowest BCUT2D eigenvalue weighted by molar-refractivity contribution is 0.216. The summed E-state index contributed by atoms with van der Waals surface area (Å²) in [5.41, 5.74) is 7.13. The molecule has 0 aliphatic carbocycles. The van der Waals surface area contributed by atoms with Gasteiger partial charge in [0.1, 0.15) is 30.5 Å². The molecule has 0 saturated heterocycles. The molecular formula is C16H17BrN2O2. The van der Waals surface area contributed by atoms with Crippen LogP contribution in [0.5, 0.6) is 11.5 Å². The smallest absolute Gasteiger partial charge is 0.123 e. The first-order valence-electron chi connectivity index (χ1n) is 6.52. The first kappa shape index (κ1) is 15.4. The Bertz CT molecular complexity index is 644. The van der Waals surface area contributed by atoms with Crippen LogP contribution in [0.2, 0.25) is 0 Å². The summed E-state index contributed by atoms with van der Waals surface area (Å²) in [6.07, 6.45) is 0. The third-order valence-corrected chi connectivity index (χ3v) is 3.40. The van der Waals surface area contributed by atoms with Crippen molar-refractivity contribution in [1.29, 1.82) is 5.41 Å². The van der Waals surface area contributed by atoms with Gasteiger partial charge in [0, 0.05) is 10.0 Å². The van der Waals surface area contributed by atoms with E-state index in [0.29, 0.717) is 18.8 Å². The van der Waals surface area contributed by atoms with Gasteiger partial charge in [0.25, 0.3) is 0 Å². The Hall–Kier alpha value is -2.01. The highest BCUT2D eigenvalue weighted by Gasteiger charge is 2.04. The van der Waals surface area contributed by atoms with Crippen molar-refractivity contribution in [2.75, 3.05) is 13.2 Å². The molecule has 21 heavy (non-hydrogen) atoms. The van der Waals surface area contributed by atoms with E-state index in [1.807, 2.05) is 43.3 Å². The van der Waals surface area contributed by atoms with Crippen molar-refractivity contribution < 1.29 is 9.47 Å². The first-order valence-corrected chi connectivity index (χ1v) is 7.32. The van der Waals surface area contributed by atoms with Crippen LogP contribution >= 0.6 is 15.9 Å². The van der Waals surface area contributed by atoms with Gasteiger partial charge in [0.15, 0.2) is 0 Å². The van der Waals surface area contributed by atoms with Crippen molar-refractivity contribution in [2.45, 2.75) is 6.92 Å². The lowest BCUT2D eigenvalue weighted by atomic mass is 10.1. The number of aryl methyl sites for hydroxylation is 1. The lowest BCUT2D eigenvalue weighted by Gasteiger charge is -2.11. The fourth-order valence-electron chi connectivity index (χ4n) is 1.79. The molecule has 0 spiro atoms. The zero-order valence-corrected chi connectivity index (χ0v) is 13.3. The maximum Gasteiger partial charge on any atom is 0.123 e. The predicted octanol–water partition coefficient (Wildman–Crippen LogP) is 3.50. The number of nitrogens with one attached hydrogen (secondary N) is 1. The van der Waals surface area contributed by atoms with Crippen molar-refractivity contribution in [1.82, 2.24) is 0 Å². The molecule has 0 saturated carbocycles. The van der Waals surface area contributed by atoms with Crippen molar-refractivity contribution in [2.24, 2.45) is 5.73 Å². The van der Waals surface area contributed by atoms with Gasteiger partial charge in [0.05, 0.1) is 0 Å². The Morgan fingerprint density at radius 3 is 2.62 bits per heavy atom. The van der Waals surface area contributed by atoms with Crippen molar-refractivity contribution in [3.63, 3.8) is 0 Å². The molecule has 110 valence electrons. The molecule has 5 heteroatoms. The summed E-state index contributed by atoms with van der Waals surface area (Å²) >= 11 is 3.40. The molecule has 0 unspecified atom stereocenters. The Kier molecular flexibility index (Phi) is 5.22. The minimum Gasteiger partial charge on any atom is -0.490 e. The van der Waals surface area contributed by atoms with E-state index >= 15 is 0 Å². The summed E-state index contributed by atoms with van der Waals surface area (Å²) < 4.78 is 12.3. The van der Waals surface area contributed by atoms with Crippen molar-refractivity contribution >= 4 is 21.8 Å². The Morgan fingerprint density at radius 1 is 1.14 bits per heavy atom. The van der Waals surface area contributed by atoms with Crippen LogP contribution in [0.4, 0.5) is 0 Å². The Labute approximate surface area is 132 Å². The standard InChI is InChI=1S/C16H17BrN2O2/c1-11-5-6-12(16(18)19)9-15(11)21-8-7-20-14-4-2-3-13(17)10-14/h2-6,9-10H,7-8H2,1H3,(H3,18,19). The van der Waals surface area contributed by atoms with Crippen LogP contribution in [-0.4, -0.2) is 19.0 Å². The number of nitrogens with two attached hydrogens (primary N) is 1. The number of halogens is 1. The summed E-state index contributed by atoms with van der Waals surface area (Å²) in [5, 5.41) is 7.44. The third-order valence-electron chi connectivity index (χ3n) is 2.90. The molecule has 0 aliphatic heterocycles. The molecule has 0 radical (unpaired) electrons. The van der Waals surface area contributed by atoms with Gasteiger partial charge in [-0.15, -0.1) is 0 Å². The minimum absolute atomic E-state index is 0.0326. The van der Waals surface area contributed by atoms with Gasteiger partial charge in [-0.25, -0.2) is 0 Å². The molecule has 0 amide bonds. The molecule has 0 heterocycles. The van der Waals surface area contributed by atoms with Crippen LogP contribution in [0, 0.1) is 12.3 Å². The summed E-state index contributed by atoms with van der Waals surface area (Å²) in [6.45, 7) is 2.82. The molecular weight excluding hydrogens is 332 g/mol. The number of nitrogen functional groups attached to an aromatic ring is 1. The molecule has 2 rings (SSSR count). The van der Waals surface area contributed by atoms with Gasteiger partial charge >= 0.3 is 0 Å². The van der Waals surface area contributed by atoms with E-state index in [2.05, 4.69) is 15.9 Å². The van der Waals surface area contributed by atoms with Crippen LogP contribution in [0.25, 0.3) is 0 Å². The van der Waals surface area contributed by atoms with E-state index in [4.69, 9.17) is 20.6 Å². The van der Waals surface area contributed by atoms with Crippen molar-refractivity contribution in [3.8, 4) is 11.5 Å². The molecule has 0 aromatic heterocycles. The lowest BCUT2D eigenvalue weighted by Crippen LogP contribution is -2.13. The van der Waals surface area contributed by atoms with E-state index in [9.17, 15) is 0 Å². The first-order chi connectivity index (χ1) is 10.1. The number of rotatable bonds is 6. The quantitative estimate of drug-likeness (QED) is 0.476. The molecule has 0 aliphatic rings. The summed E-state index contributed by atoms with van der Waals surface area (Å²) in [5.74, 6) is 1.55. The van der Waals surface area contributed by atoms with E-state index in [-0.39, 0.29) is 5.84 Å². The highest BCUT2D eigenvalue weighted by Crippen LogP contribution is 2.20. The van der Waals surface area contributed by atoms with E-state index in [1.54, 1.807) is 6.07 Å². The topological polar surface area (TPSA) is 68.3 Å². The number of amidine groups is 1. The minimum atomic E-state index is 0.0326. The van der Waals surface area contributed by atoms with Gasteiger partial charge in [-0.05, 0) is 36.8 Å². The van der Waals surface area contributed by atoms with Crippen molar-refractivity contribution in [3.05, 3.63) is 58.1 Å². The fraction of sp³-hybridized carbons (Fsp3) is 0.188. The molecule has 4 nitrogen and oxygen atoms in total. The summed E-state index contributed by atoms with van der Waals surface area (Å²) in [7, 11) is 0. The molecule has 0 fully saturated rings. The SMILES string of the molecule is Cc1ccc(C(=N)N)cc1OCCOc1cccc(Br)c1. The van der Waals surface area contributed by atoms with Crippen LogP contribution in [0.1, 0.15) is 11.1 Å². The van der Waals surface area contributed by atoms with Crippen LogP contribution < -0.4 is 15.2 Å². The molecule has 0 atom stereocenters. The zero-order valence-electron chi connectivity index (χ0n) is 11.7. The second-order valence-electron chi connectivity index (χ2n) is 4.55. The number of hydrogen-bond acceptors (Lipinski definition) is 3. The monoisotopic (exact) mass is 348 g/mol. The zero-order chi connectivity index (χ0) is 15.2. The third kappa shape index (κ3) is 4.49. The largest absolute Gasteiger partial charge is 0.490 e. The average molecular weight is 349 g/mol. The predicted molar refractivity (Wildman–Crippen MR) is 87.3 cm³/mol. The Morgan fingerprint density at radius 2 is 1.90 bits per heavy atom. The molecule has 0 bridgehead atoms. The number of hydrogen-bond donors (Lipinski definition) is 2. The number of ether oxygens (including phenoxy) is 2.